The Morgan fingerprint density at radius 1 is 0.633 bits per heavy atom. The Morgan fingerprint density at radius 2 is 0.967 bits per heavy atom. The van der Waals surface area contributed by atoms with Crippen LogP contribution in [-0.4, -0.2) is 11.8 Å². The van der Waals surface area contributed by atoms with Crippen LogP contribution in [0.15, 0.2) is 30.0 Å². The average Bonchev–Trinajstić information content (AvgIpc) is 3.00. The molecule has 0 aromatic heterocycles. The van der Waals surface area contributed by atoms with E-state index in [4.69, 9.17) is 20.3 Å². The lowest BCUT2D eigenvalue weighted by Gasteiger charge is -2.18. The van der Waals surface area contributed by atoms with E-state index < -0.39 is 6.84 Å². The molecule has 0 spiro atoms. The Labute approximate surface area is 239 Å². The number of nitrogens with one attached hydrogen (secondary N) is 2. The van der Waals surface area contributed by atoms with Crippen LogP contribution in [0.4, 0.5) is 0 Å². The second-order valence-electron chi connectivity index (χ2n) is 6.57. The second-order valence-corrected chi connectivity index (χ2v) is 16.3. The molecular weight excluding hydrogens is 915 g/mol. The number of hydrogen-bond donors (Lipinski definition) is 2. The lowest BCUT2D eigenvalue weighted by molar-refractivity contribution is 0.278. The summed E-state index contributed by atoms with van der Waals surface area (Å²) in [5.74, 6) is 0.206. The molecule has 4 nitrogen and oxygen atoms in total. The van der Waals surface area contributed by atoms with E-state index in [0.717, 1.165) is 51.3 Å². The summed E-state index contributed by atoms with van der Waals surface area (Å²) >= 11 is 28.6. The highest BCUT2D eigenvalue weighted by Gasteiger charge is 2.44. The van der Waals surface area contributed by atoms with Crippen molar-refractivity contribution in [2.45, 2.75) is 19.7 Å². The van der Waals surface area contributed by atoms with E-state index >= 15 is 0 Å². The van der Waals surface area contributed by atoms with Crippen LogP contribution in [-0.2, 0) is 29.2 Å². The molecular formula is C18H8Br8N2O2. The smallest absolute Gasteiger partial charge is 0.247 e. The van der Waals surface area contributed by atoms with Gasteiger partial charge in [-0.25, -0.2) is 0 Å². The standard InChI is InChI=1S/C18H8Br8N2O2/c19-11-5(3-7-9(13(11)21)17(23,24)29-15(7)27)1-2-6-4-8-10(14(22)12(6)20)18(25,26)30-16(8)28/h3-4,27-28H,1-2H2. The second kappa shape index (κ2) is 8.46. The lowest BCUT2D eigenvalue weighted by atomic mass is 9.98. The molecule has 0 atom stereocenters. The fourth-order valence-electron chi connectivity index (χ4n) is 3.39. The molecule has 2 aliphatic rings. The first-order valence-corrected chi connectivity index (χ1v) is 14.5. The SMILES string of the molecule is N=C1OC(Br)(Br)c2c1cc(CCc1cc3c(c(Br)c1Br)C(Br)(Br)OC3=N)c(Br)c2Br. The summed E-state index contributed by atoms with van der Waals surface area (Å²) < 4.78 is 12.8. The molecule has 12 heteroatoms. The summed E-state index contributed by atoms with van der Waals surface area (Å²) in [5.41, 5.74) is 5.17. The first kappa shape index (κ1) is 24.3. The first-order valence-electron chi connectivity index (χ1n) is 8.19. The molecule has 0 bridgehead atoms. The van der Waals surface area contributed by atoms with Crippen molar-refractivity contribution in [3.63, 3.8) is 0 Å². The molecule has 0 amide bonds. The Kier molecular flexibility index (Phi) is 6.87. The van der Waals surface area contributed by atoms with E-state index in [1.54, 1.807) is 0 Å². The van der Waals surface area contributed by atoms with Gasteiger partial charge in [-0.05, 0) is 164 Å². The van der Waals surface area contributed by atoms with E-state index in [9.17, 15) is 0 Å². The quantitative estimate of drug-likeness (QED) is 0.302. The van der Waals surface area contributed by atoms with E-state index in [1.165, 1.54) is 0 Å². The minimum absolute atomic E-state index is 0.103. The Bertz CT molecular complexity index is 1060. The average molecular weight is 924 g/mol. The summed E-state index contributed by atoms with van der Waals surface area (Å²) in [6.07, 6.45) is 1.42. The topological polar surface area (TPSA) is 66.2 Å². The minimum atomic E-state index is -0.918. The van der Waals surface area contributed by atoms with Gasteiger partial charge < -0.3 is 9.47 Å². The summed E-state index contributed by atoms with van der Waals surface area (Å²) in [7, 11) is 0. The first-order chi connectivity index (χ1) is 13.8. The van der Waals surface area contributed by atoms with Gasteiger partial charge in [0.15, 0.2) is 0 Å². The van der Waals surface area contributed by atoms with Crippen molar-refractivity contribution in [3.05, 3.63) is 63.4 Å². The Morgan fingerprint density at radius 3 is 1.30 bits per heavy atom. The fourth-order valence-corrected chi connectivity index (χ4v) is 9.26. The molecule has 0 aliphatic carbocycles. The zero-order chi connectivity index (χ0) is 22.2. The molecule has 2 aromatic rings. The molecule has 2 aliphatic heterocycles. The van der Waals surface area contributed by atoms with E-state index in [-0.39, 0.29) is 11.8 Å². The van der Waals surface area contributed by atoms with Crippen LogP contribution < -0.4 is 0 Å². The number of halogens is 8. The predicted molar refractivity (Wildman–Crippen MR) is 146 cm³/mol. The summed E-state index contributed by atoms with van der Waals surface area (Å²) in [6.45, 7) is 0. The van der Waals surface area contributed by atoms with Crippen molar-refractivity contribution >= 4 is 139 Å². The third kappa shape index (κ3) is 4.01. The number of aryl methyl sites for hydroxylation is 2. The molecule has 0 fully saturated rings. The number of alkyl halides is 4. The fraction of sp³-hybridized carbons (Fsp3) is 0.222. The van der Waals surface area contributed by atoms with Gasteiger partial charge in [-0.2, -0.15) is 0 Å². The number of hydrogen-bond acceptors (Lipinski definition) is 4. The molecule has 0 saturated heterocycles. The molecule has 158 valence electrons. The van der Waals surface area contributed by atoms with Crippen LogP contribution in [0, 0.1) is 10.8 Å². The van der Waals surface area contributed by atoms with Crippen LogP contribution in [0.25, 0.3) is 0 Å². The zero-order valence-electron chi connectivity index (χ0n) is 14.4. The van der Waals surface area contributed by atoms with Crippen LogP contribution in [0.1, 0.15) is 33.4 Å². The lowest BCUT2D eigenvalue weighted by Crippen LogP contribution is -2.08. The van der Waals surface area contributed by atoms with Gasteiger partial charge in [-0.15, -0.1) is 0 Å². The molecule has 2 aromatic carbocycles. The van der Waals surface area contributed by atoms with Crippen molar-refractivity contribution in [1.82, 2.24) is 0 Å². The van der Waals surface area contributed by atoms with E-state index in [0.29, 0.717) is 12.8 Å². The highest BCUT2D eigenvalue weighted by Crippen LogP contribution is 2.53. The van der Waals surface area contributed by atoms with Gasteiger partial charge in [0.1, 0.15) is 0 Å². The monoisotopic (exact) mass is 915 g/mol. The predicted octanol–water partition coefficient (Wildman–Crippen LogP) is 9.03. The summed E-state index contributed by atoms with van der Waals surface area (Å²) in [6, 6.07) is 3.94. The summed E-state index contributed by atoms with van der Waals surface area (Å²) in [5, 5.41) is 16.3. The van der Waals surface area contributed by atoms with E-state index in [1.807, 2.05) is 12.1 Å². The molecule has 2 heterocycles. The number of rotatable bonds is 3. The maximum absolute atomic E-state index is 8.17. The normalized spacial score (nSPS) is 18.1. The van der Waals surface area contributed by atoms with Crippen molar-refractivity contribution < 1.29 is 9.47 Å². The molecule has 30 heavy (non-hydrogen) atoms. The van der Waals surface area contributed by atoms with Gasteiger partial charge >= 0.3 is 0 Å². The van der Waals surface area contributed by atoms with Gasteiger partial charge in [-0.1, -0.05) is 0 Å². The number of benzene rings is 2. The highest BCUT2D eigenvalue weighted by molar-refractivity contribution is 9.25. The van der Waals surface area contributed by atoms with Gasteiger partial charge in [0.25, 0.3) is 0 Å². The van der Waals surface area contributed by atoms with Crippen LogP contribution in [0.3, 0.4) is 0 Å². The molecule has 2 N–H and O–H groups in total. The Hall–Kier alpha value is 1.22. The van der Waals surface area contributed by atoms with Crippen molar-refractivity contribution in [1.29, 1.82) is 10.8 Å². The van der Waals surface area contributed by atoms with Gasteiger partial charge in [0, 0.05) is 40.1 Å². The maximum Gasteiger partial charge on any atom is 0.247 e. The largest absolute Gasteiger partial charge is 0.445 e. The third-order valence-corrected chi connectivity index (χ3v) is 11.5. The summed E-state index contributed by atoms with van der Waals surface area (Å²) in [4.78, 5) is 0. The van der Waals surface area contributed by atoms with Crippen LogP contribution >= 0.6 is 127 Å². The molecule has 4 rings (SSSR count). The zero-order valence-corrected chi connectivity index (χ0v) is 27.1. The van der Waals surface area contributed by atoms with Crippen molar-refractivity contribution in [2.75, 3.05) is 0 Å². The van der Waals surface area contributed by atoms with Gasteiger partial charge in [-0.3, -0.25) is 10.8 Å². The molecule has 0 saturated carbocycles. The third-order valence-electron chi connectivity index (χ3n) is 4.76. The maximum atomic E-state index is 8.17. The van der Waals surface area contributed by atoms with Crippen LogP contribution in [0.2, 0.25) is 0 Å². The van der Waals surface area contributed by atoms with Gasteiger partial charge in [0.05, 0.1) is 0 Å². The van der Waals surface area contributed by atoms with Crippen LogP contribution in [0.5, 0.6) is 0 Å². The highest BCUT2D eigenvalue weighted by atomic mass is 79.9. The number of fused-ring (bicyclic) bond motifs is 2. The van der Waals surface area contributed by atoms with E-state index in [2.05, 4.69) is 127 Å². The molecule has 0 unspecified atom stereocenters. The minimum Gasteiger partial charge on any atom is -0.445 e. The van der Waals surface area contributed by atoms with Crippen molar-refractivity contribution in [3.8, 4) is 0 Å². The molecule has 0 radical (unpaired) electrons. The van der Waals surface area contributed by atoms with Crippen molar-refractivity contribution in [2.24, 2.45) is 0 Å². The Balaban J connectivity index is 1.71. The number of ether oxygens (including phenoxy) is 2. The van der Waals surface area contributed by atoms with Gasteiger partial charge in [0.2, 0.25) is 18.6 Å².